The van der Waals surface area contributed by atoms with Gasteiger partial charge in [0.05, 0.1) is 11.7 Å². The summed E-state index contributed by atoms with van der Waals surface area (Å²) < 4.78 is 32.2. The van der Waals surface area contributed by atoms with Crippen molar-refractivity contribution < 1.29 is 12.9 Å². The number of rotatable bonds is 4. The average Bonchev–Trinajstić information content (AvgIpc) is 2.91. The van der Waals surface area contributed by atoms with Crippen LogP contribution in [-0.4, -0.2) is 37.5 Å². The van der Waals surface area contributed by atoms with E-state index in [2.05, 4.69) is 10.5 Å². The molecular formula is C15H19Cl2N3O3S. The van der Waals surface area contributed by atoms with Crippen LogP contribution in [0.2, 0.25) is 5.02 Å². The van der Waals surface area contributed by atoms with Crippen LogP contribution in [0, 0.1) is 6.92 Å². The second-order valence-electron chi connectivity index (χ2n) is 5.58. The van der Waals surface area contributed by atoms with E-state index in [0.29, 0.717) is 36.1 Å². The van der Waals surface area contributed by atoms with E-state index in [1.165, 1.54) is 4.31 Å². The monoisotopic (exact) mass is 391 g/mol. The first-order chi connectivity index (χ1) is 11.0. The number of hydrogen-bond acceptors (Lipinski definition) is 5. The molecule has 1 atom stereocenters. The van der Waals surface area contributed by atoms with Gasteiger partial charge < -0.3 is 9.84 Å². The van der Waals surface area contributed by atoms with Gasteiger partial charge in [-0.1, -0.05) is 28.9 Å². The molecule has 1 N–H and O–H groups in total. The number of aryl methyl sites for hydroxylation is 1. The summed E-state index contributed by atoms with van der Waals surface area (Å²) in [5.41, 5.74) is 1.55. The van der Waals surface area contributed by atoms with Crippen molar-refractivity contribution in [3.63, 3.8) is 0 Å². The topological polar surface area (TPSA) is 75.4 Å². The van der Waals surface area contributed by atoms with Crippen LogP contribution in [0.1, 0.15) is 23.1 Å². The number of nitrogens with one attached hydrogen (secondary N) is 1. The van der Waals surface area contributed by atoms with E-state index in [9.17, 15) is 8.42 Å². The van der Waals surface area contributed by atoms with E-state index in [0.717, 1.165) is 5.56 Å². The van der Waals surface area contributed by atoms with Gasteiger partial charge in [-0.2, -0.15) is 4.31 Å². The highest BCUT2D eigenvalue weighted by Crippen LogP contribution is 2.28. The van der Waals surface area contributed by atoms with Gasteiger partial charge in [0.1, 0.15) is 5.75 Å². The number of aromatic nitrogens is 1. The molecule has 0 amide bonds. The minimum atomic E-state index is -3.52. The molecule has 9 heteroatoms. The fourth-order valence-electron chi connectivity index (χ4n) is 2.76. The fourth-order valence-corrected chi connectivity index (χ4v) is 4.58. The molecule has 0 saturated carbocycles. The molecule has 1 fully saturated rings. The molecule has 1 unspecified atom stereocenters. The van der Waals surface area contributed by atoms with Gasteiger partial charge >= 0.3 is 0 Å². The van der Waals surface area contributed by atoms with Crippen molar-refractivity contribution in [2.45, 2.75) is 18.7 Å². The summed E-state index contributed by atoms with van der Waals surface area (Å²) in [6, 6.07) is 8.67. The highest BCUT2D eigenvalue weighted by molar-refractivity contribution is 7.88. The Labute approximate surface area is 152 Å². The molecular weight excluding hydrogens is 373 g/mol. The first kappa shape index (κ1) is 19.2. The molecule has 2 aromatic rings. The quantitative estimate of drug-likeness (QED) is 0.866. The molecule has 24 heavy (non-hydrogen) atoms. The van der Waals surface area contributed by atoms with Gasteiger partial charge in [0.15, 0.2) is 5.76 Å². The molecule has 1 aliphatic heterocycles. The standard InChI is InChI=1S/C15H18ClN3O3S.ClH/c1-11-7-14(22-18-11)10-23(20,21)19-6-5-17-9-15(19)12-3-2-4-13(16)8-12;/h2-4,7-8,15,17H,5-6,9-10H2,1H3;1H. The zero-order chi connectivity index (χ0) is 16.4. The number of hydrogen-bond donors (Lipinski definition) is 1. The van der Waals surface area contributed by atoms with E-state index in [4.69, 9.17) is 16.1 Å². The Morgan fingerprint density at radius 2 is 2.21 bits per heavy atom. The number of sulfonamides is 1. The van der Waals surface area contributed by atoms with Gasteiger partial charge in [0, 0.05) is 30.7 Å². The summed E-state index contributed by atoms with van der Waals surface area (Å²) in [4.78, 5) is 0. The largest absolute Gasteiger partial charge is 0.360 e. The summed E-state index contributed by atoms with van der Waals surface area (Å²) in [6.45, 7) is 3.34. The normalized spacial score (nSPS) is 19.0. The molecule has 1 aromatic carbocycles. The Morgan fingerprint density at radius 3 is 2.88 bits per heavy atom. The lowest BCUT2D eigenvalue weighted by atomic mass is 10.1. The summed E-state index contributed by atoms with van der Waals surface area (Å²) in [7, 11) is -3.52. The minimum Gasteiger partial charge on any atom is -0.360 e. The average molecular weight is 392 g/mol. The lowest BCUT2D eigenvalue weighted by Crippen LogP contribution is -2.48. The van der Waals surface area contributed by atoms with E-state index < -0.39 is 10.0 Å². The molecule has 0 bridgehead atoms. The number of benzene rings is 1. The van der Waals surface area contributed by atoms with Crippen molar-refractivity contribution in [1.82, 2.24) is 14.8 Å². The first-order valence-electron chi connectivity index (χ1n) is 7.33. The molecule has 1 saturated heterocycles. The van der Waals surface area contributed by atoms with Gasteiger partial charge in [0.2, 0.25) is 10.0 Å². The Bertz CT molecular complexity index is 795. The van der Waals surface area contributed by atoms with Gasteiger partial charge in [0.25, 0.3) is 0 Å². The van der Waals surface area contributed by atoms with Gasteiger partial charge in [-0.15, -0.1) is 12.4 Å². The molecule has 132 valence electrons. The van der Waals surface area contributed by atoms with Crippen molar-refractivity contribution >= 4 is 34.0 Å². The lowest BCUT2D eigenvalue weighted by molar-refractivity contribution is 0.269. The third kappa shape index (κ3) is 4.29. The highest BCUT2D eigenvalue weighted by Gasteiger charge is 2.34. The summed E-state index contributed by atoms with van der Waals surface area (Å²) in [6.07, 6.45) is 0. The Morgan fingerprint density at radius 1 is 1.42 bits per heavy atom. The van der Waals surface area contributed by atoms with Crippen LogP contribution < -0.4 is 5.32 Å². The molecule has 0 spiro atoms. The van der Waals surface area contributed by atoms with Crippen LogP contribution in [0.15, 0.2) is 34.9 Å². The van der Waals surface area contributed by atoms with Crippen molar-refractivity contribution in [3.05, 3.63) is 52.4 Å². The maximum atomic E-state index is 12.8. The van der Waals surface area contributed by atoms with Crippen molar-refractivity contribution in [2.75, 3.05) is 19.6 Å². The highest BCUT2D eigenvalue weighted by atomic mass is 35.5. The Hall–Kier alpha value is -1.12. The number of piperazine rings is 1. The molecule has 6 nitrogen and oxygen atoms in total. The second-order valence-corrected chi connectivity index (χ2v) is 7.93. The van der Waals surface area contributed by atoms with Crippen molar-refractivity contribution in [1.29, 1.82) is 0 Å². The third-order valence-corrected chi connectivity index (χ3v) is 5.82. The van der Waals surface area contributed by atoms with Crippen LogP contribution in [0.3, 0.4) is 0 Å². The van der Waals surface area contributed by atoms with E-state index >= 15 is 0 Å². The number of halogens is 2. The second kappa shape index (κ2) is 7.84. The van der Waals surface area contributed by atoms with E-state index in [1.807, 2.05) is 12.1 Å². The summed E-state index contributed by atoms with van der Waals surface area (Å²) in [5.74, 6) is 0.163. The lowest BCUT2D eigenvalue weighted by Gasteiger charge is -2.35. The van der Waals surface area contributed by atoms with E-state index in [-0.39, 0.29) is 24.2 Å². The zero-order valence-corrected chi connectivity index (χ0v) is 15.5. The van der Waals surface area contributed by atoms with Crippen LogP contribution in [0.5, 0.6) is 0 Å². The van der Waals surface area contributed by atoms with Crippen molar-refractivity contribution in [2.24, 2.45) is 0 Å². The van der Waals surface area contributed by atoms with Crippen LogP contribution in [-0.2, 0) is 15.8 Å². The molecule has 3 rings (SSSR count). The maximum absolute atomic E-state index is 12.8. The van der Waals surface area contributed by atoms with Crippen LogP contribution >= 0.6 is 24.0 Å². The SMILES string of the molecule is Cc1cc(CS(=O)(=O)N2CCNCC2c2cccc(Cl)c2)on1.Cl. The van der Waals surface area contributed by atoms with Gasteiger partial charge in [-0.25, -0.2) is 8.42 Å². The van der Waals surface area contributed by atoms with Gasteiger partial charge in [-0.05, 0) is 24.6 Å². The Balaban J connectivity index is 0.00000208. The minimum absolute atomic E-state index is 0. The summed E-state index contributed by atoms with van der Waals surface area (Å²) in [5, 5.41) is 7.58. The fraction of sp³-hybridized carbons (Fsp3) is 0.400. The molecule has 1 aliphatic rings. The zero-order valence-electron chi connectivity index (χ0n) is 13.1. The maximum Gasteiger partial charge on any atom is 0.222 e. The Kier molecular flexibility index (Phi) is 6.28. The van der Waals surface area contributed by atoms with Crippen LogP contribution in [0.25, 0.3) is 0 Å². The van der Waals surface area contributed by atoms with Crippen molar-refractivity contribution in [3.8, 4) is 0 Å². The van der Waals surface area contributed by atoms with Crippen LogP contribution in [0.4, 0.5) is 0 Å². The molecule has 2 heterocycles. The summed E-state index contributed by atoms with van der Waals surface area (Å²) >= 11 is 6.05. The predicted molar refractivity (Wildman–Crippen MR) is 94.9 cm³/mol. The van der Waals surface area contributed by atoms with E-state index in [1.54, 1.807) is 25.1 Å². The molecule has 0 aliphatic carbocycles. The van der Waals surface area contributed by atoms with Gasteiger partial charge in [-0.3, -0.25) is 0 Å². The molecule has 1 aromatic heterocycles. The first-order valence-corrected chi connectivity index (χ1v) is 9.32. The molecule has 0 radical (unpaired) electrons. The smallest absolute Gasteiger partial charge is 0.222 e. The number of nitrogens with zero attached hydrogens (tertiary/aromatic N) is 2. The predicted octanol–water partition coefficient (Wildman–Crippen LogP) is 2.53. The third-order valence-electron chi connectivity index (χ3n) is 3.79.